The van der Waals surface area contributed by atoms with Gasteiger partial charge >= 0.3 is 12.2 Å². The fraction of sp³-hybridized carbons (Fsp3) is 0.667. The molecular weight excluding hydrogens is 476 g/mol. The normalized spacial score (nSPS) is 24.2. The van der Waals surface area contributed by atoms with E-state index in [1.807, 2.05) is 44.2 Å². The fourth-order valence-electron chi connectivity index (χ4n) is 4.81. The van der Waals surface area contributed by atoms with Crippen molar-refractivity contribution in [2.45, 2.75) is 103 Å². The van der Waals surface area contributed by atoms with Crippen molar-refractivity contribution in [2.24, 2.45) is 0 Å². The van der Waals surface area contributed by atoms with Gasteiger partial charge in [0.15, 0.2) is 5.78 Å². The van der Waals surface area contributed by atoms with E-state index in [9.17, 15) is 14.4 Å². The van der Waals surface area contributed by atoms with Crippen LogP contribution in [0.5, 0.6) is 0 Å². The van der Waals surface area contributed by atoms with Crippen molar-refractivity contribution in [1.29, 1.82) is 0 Å². The monoisotopic (exact) mass is 518 g/mol. The van der Waals surface area contributed by atoms with Crippen molar-refractivity contribution in [2.75, 3.05) is 13.2 Å². The number of carbonyl (C=O) groups is 3. The van der Waals surface area contributed by atoms with E-state index in [0.29, 0.717) is 13.0 Å². The Kier molecular flexibility index (Phi) is 8.25. The van der Waals surface area contributed by atoms with E-state index in [-0.39, 0.29) is 18.7 Å². The predicted molar refractivity (Wildman–Crippen MR) is 141 cm³/mol. The molecule has 0 aromatic heterocycles. The Morgan fingerprint density at radius 2 is 1.75 bits per heavy atom. The average Bonchev–Trinajstić information content (AvgIpc) is 3.23. The van der Waals surface area contributed by atoms with Gasteiger partial charge in [0.2, 0.25) is 0 Å². The van der Waals surface area contributed by atoms with Crippen LogP contribution in [0.4, 0.5) is 9.59 Å². The van der Waals surface area contributed by atoms with Crippen LogP contribution in [0.3, 0.4) is 0 Å². The van der Waals surface area contributed by atoms with E-state index in [2.05, 4.69) is 19.6 Å². The lowest BCUT2D eigenvalue weighted by atomic mass is 9.94. The average molecular weight is 519 g/mol. The number of ether oxygens (including phenoxy) is 3. The number of carbonyl (C=O) groups excluding carboxylic acids is 3. The van der Waals surface area contributed by atoms with E-state index >= 15 is 0 Å². The Balaban J connectivity index is 1.92. The lowest BCUT2D eigenvalue weighted by Gasteiger charge is -2.34. The molecule has 2 saturated heterocycles. The Hall–Kier alpha value is -2.39. The van der Waals surface area contributed by atoms with Gasteiger partial charge in [-0.15, -0.1) is 0 Å². The third-order valence-electron chi connectivity index (χ3n) is 6.47. The van der Waals surface area contributed by atoms with Crippen LogP contribution in [0.2, 0.25) is 25.7 Å². The number of likely N-dealkylation sites (tertiary alicyclic amines) is 1. The van der Waals surface area contributed by atoms with Gasteiger partial charge in [-0.3, -0.25) is 14.6 Å². The third-order valence-corrected chi connectivity index (χ3v) is 8.17. The van der Waals surface area contributed by atoms with Gasteiger partial charge in [-0.25, -0.2) is 9.59 Å². The molecule has 8 nitrogen and oxygen atoms in total. The highest BCUT2D eigenvalue weighted by Crippen LogP contribution is 2.39. The number of amides is 2. The minimum atomic E-state index is -1.38. The molecule has 3 atom stereocenters. The molecule has 2 aliphatic rings. The minimum Gasteiger partial charge on any atom is -0.450 e. The van der Waals surface area contributed by atoms with Gasteiger partial charge < -0.3 is 14.2 Å². The number of benzene rings is 1. The Morgan fingerprint density at radius 3 is 2.33 bits per heavy atom. The lowest BCUT2D eigenvalue weighted by molar-refractivity contribution is -0.117. The van der Waals surface area contributed by atoms with Crippen molar-refractivity contribution in [3.05, 3.63) is 35.9 Å². The smallest absolute Gasteiger partial charge is 0.412 e. The molecule has 200 valence electrons. The highest BCUT2D eigenvalue weighted by molar-refractivity contribution is 6.76. The van der Waals surface area contributed by atoms with E-state index in [0.717, 1.165) is 11.6 Å². The topological polar surface area (TPSA) is 85.4 Å². The zero-order valence-electron chi connectivity index (χ0n) is 23.0. The molecule has 0 aliphatic carbocycles. The van der Waals surface area contributed by atoms with Crippen LogP contribution in [0.25, 0.3) is 0 Å². The number of nitrogens with zero attached hydrogens (tertiary/aromatic N) is 2. The van der Waals surface area contributed by atoms with Crippen molar-refractivity contribution in [3.63, 3.8) is 0 Å². The maximum absolute atomic E-state index is 13.4. The van der Waals surface area contributed by atoms with Gasteiger partial charge in [-0.05, 0) is 52.6 Å². The zero-order chi connectivity index (χ0) is 26.9. The molecule has 1 aromatic rings. The molecule has 2 amide bonds. The first-order valence-corrected chi connectivity index (χ1v) is 16.5. The van der Waals surface area contributed by atoms with E-state index in [4.69, 9.17) is 14.2 Å². The van der Waals surface area contributed by atoms with Crippen LogP contribution in [-0.2, 0) is 25.4 Å². The van der Waals surface area contributed by atoms with E-state index in [1.54, 1.807) is 25.7 Å². The molecular formula is C27H42N2O6Si. The molecule has 3 unspecified atom stereocenters. The molecule has 2 fully saturated rings. The highest BCUT2D eigenvalue weighted by Gasteiger charge is 2.56. The predicted octanol–water partition coefficient (Wildman–Crippen LogP) is 5.09. The van der Waals surface area contributed by atoms with E-state index in [1.165, 1.54) is 4.90 Å². The van der Waals surface area contributed by atoms with Crippen molar-refractivity contribution in [1.82, 2.24) is 9.80 Å². The lowest BCUT2D eigenvalue weighted by Crippen LogP contribution is -2.52. The van der Waals surface area contributed by atoms with Crippen LogP contribution in [0.1, 0.15) is 46.6 Å². The number of ketones is 1. The summed E-state index contributed by atoms with van der Waals surface area (Å²) in [5.41, 5.74) is -0.647. The molecule has 0 radical (unpaired) electrons. The Morgan fingerprint density at radius 1 is 1.11 bits per heavy atom. The quantitative estimate of drug-likeness (QED) is 0.488. The summed E-state index contributed by atoms with van der Waals surface area (Å²) < 4.78 is 17.8. The summed E-state index contributed by atoms with van der Waals surface area (Å²) in [6.07, 6.45) is -0.901. The minimum absolute atomic E-state index is 0.0292. The van der Waals surface area contributed by atoms with Gasteiger partial charge in [0.1, 0.15) is 17.4 Å². The molecule has 3 rings (SSSR count). The van der Waals surface area contributed by atoms with Gasteiger partial charge in [-0.1, -0.05) is 50.0 Å². The van der Waals surface area contributed by atoms with Gasteiger partial charge in [0.25, 0.3) is 0 Å². The first kappa shape index (κ1) is 28.2. The van der Waals surface area contributed by atoms with Gasteiger partial charge in [0, 0.05) is 14.5 Å². The summed E-state index contributed by atoms with van der Waals surface area (Å²) in [5.74, 6) is -0.0538. The number of hydrogen-bond donors (Lipinski definition) is 0. The zero-order valence-corrected chi connectivity index (χ0v) is 24.0. The third kappa shape index (κ3) is 7.09. The second kappa shape index (κ2) is 10.5. The number of hydrogen-bond acceptors (Lipinski definition) is 6. The summed E-state index contributed by atoms with van der Waals surface area (Å²) in [7, 11) is -1.38. The first-order valence-electron chi connectivity index (χ1n) is 12.8. The SMILES string of the molecule is CC(C)(C)OC(=O)N1CC(=O)CC1C1OC(C)(C)N(C(=O)OCC[Si](C)(C)C)C1Cc1ccccc1. The molecule has 2 aliphatic heterocycles. The van der Waals surface area contributed by atoms with Crippen molar-refractivity contribution in [3.8, 4) is 0 Å². The molecule has 0 spiro atoms. The number of Topliss-reactive ketones (excluding diaryl/α,β-unsaturated/α-hetero) is 1. The molecule has 1 aromatic carbocycles. The summed E-state index contributed by atoms with van der Waals surface area (Å²) in [6, 6.07) is 9.75. The first-order chi connectivity index (χ1) is 16.6. The van der Waals surface area contributed by atoms with Crippen LogP contribution in [0.15, 0.2) is 30.3 Å². The molecule has 2 heterocycles. The molecule has 0 bridgehead atoms. The second-order valence-electron chi connectivity index (χ2n) is 12.5. The van der Waals surface area contributed by atoms with Gasteiger partial charge in [-0.2, -0.15) is 0 Å². The Labute approximate surface area is 216 Å². The van der Waals surface area contributed by atoms with Crippen LogP contribution in [0, 0.1) is 0 Å². The fourth-order valence-corrected chi connectivity index (χ4v) is 5.53. The standard InChI is InChI=1S/C27H42N2O6Si/c1-26(2,3)35-24(31)28-18-20(30)17-21(28)23-22(16-19-12-10-9-11-13-19)29(27(4,5)34-23)25(32)33-14-15-36(6,7)8/h9-13,21-23H,14-18H2,1-8H3. The molecule has 9 heteroatoms. The molecule has 0 saturated carbocycles. The maximum atomic E-state index is 13.4. The summed E-state index contributed by atoms with van der Waals surface area (Å²) in [5, 5.41) is 0. The van der Waals surface area contributed by atoms with Crippen LogP contribution < -0.4 is 0 Å². The maximum Gasteiger partial charge on any atom is 0.412 e. The number of rotatable bonds is 6. The largest absolute Gasteiger partial charge is 0.450 e. The summed E-state index contributed by atoms with van der Waals surface area (Å²) in [6.45, 7) is 16.1. The highest BCUT2D eigenvalue weighted by atomic mass is 28.3. The van der Waals surface area contributed by atoms with Gasteiger partial charge in [0.05, 0.1) is 25.2 Å². The van der Waals surface area contributed by atoms with Crippen molar-refractivity contribution >= 4 is 26.0 Å². The Bertz CT molecular complexity index is 953. The second-order valence-corrected chi connectivity index (χ2v) is 18.1. The van der Waals surface area contributed by atoms with Crippen LogP contribution in [-0.4, -0.2) is 78.5 Å². The molecule has 0 N–H and O–H groups in total. The molecule has 36 heavy (non-hydrogen) atoms. The van der Waals surface area contributed by atoms with Crippen LogP contribution >= 0.6 is 0 Å². The van der Waals surface area contributed by atoms with Crippen molar-refractivity contribution < 1.29 is 28.6 Å². The summed E-state index contributed by atoms with van der Waals surface area (Å²) >= 11 is 0. The van der Waals surface area contributed by atoms with E-state index < -0.39 is 49.8 Å². The summed E-state index contributed by atoms with van der Waals surface area (Å²) in [4.78, 5) is 42.2.